The van der Waals surface area contributed by atoms with Gasteiger partial charge in [0, 0.05) is 49.8 Å². The second kappa shape index (κ2) is 9.11. The second-order valence-corrected chi connectivity index (χ2v) is 7.81. The Morgan fingerprint density at radius 1 is 1.07 bits per heavy atom. The van der Waals surface area contributed by atoms with Crippen LogP contribution in [0.3, 0.4) is 0 Å². The number of aromatic nitrogens is 1. The van der Waals surface area contributed by atoms with Gasteiger partial charge in [0.15, 0.2) is 0 Å². The van der Waals surface area contributed by atoms with E-state index < -0.39 is 0 Å². The third-order valence-corrected chi connectivity index (χ3v) is 5.22. The van der Waals surface area contributed by atoms with Crippen LogP contribution in [0.4, 0.5) is 22.9 Å². The van der Waals surface area contributed by atoms with Crippen molar-refractivity contribution in [2.24, 2.45) is 0 Å². The van der Waals surface area contributed by atoms with Crippen molar-refractivity contribution in [2.45, 2.75) is 33.7 Å². The quantitative estimate of drug-likeness (QED) is 0.791. The summed E-state index contributed by atoms with van der Waals surface area (Å²) in [6, 6.07) is 11.1. The minimum absolute atomic E-state index is 0.398. The highest BCUT2D eigenvalue weighted by molar-refractivity contribution is 5.68. The number of benzene rings is 1. The molecule has 0 radical (unpaired) electrons. The average molecular weight is 380 g/mol. The van der Waals surface area contributed by atoms with Gasteiger partial charge in [-0.05, 0) is 64.6 Å². The van der Waals surface area contributed by atoms with Gasteiger partial charge in [-0.3, -0.25) is 0 Å². The summed E-state index contributed by atoms with van der Waals surface area (Å²) in [5, 5.41) is 3.50. The van der Waals surface area contributed by atoms with E-state index in [2.05, 4.69) is 102 Å². The maximum absolute atomic E-state index is 4.68. The van der Waals surface area contributed by atoms with Crippen LogP contribution in [0.2, 0.25) is 0 Å². The normalized spacial score (nSPS) is 15.4. The fourth-order valence-corrected chi connectivity index (χ4v) is 3.51. The number of piperazine rings is 1. The molecule has 1 N–H and O–H groups in total. The largest absolute Gasteiger partial charge is 0.354 e. The van der Waals surface area contributed by atoms with Crippen molar-refractivity contribution in [3.8, 4) is 0 Å². The molecule has 28 heavy (non-hydrogen) atoms. The average Bonchev–Trinajstić information content (AvgIpc) is 2.69. The van der Waals surface area contributed by atoms with E-state index in [1.165, 1.54) is 11.3 Å². The van der Waals surface area contributed by atoms with Crippen molar-refractivity contribution in [3.05, 3.63) is 54.4 Å². The van der Waals surface area contributed by atoms with Crippen molar-refractivity contribution >= 4 is 22.9 Å². The molecule has 0 amide bonds. The summed E-state index contributed by atoms with van der Waals surface area (Å²) in [4.78, 5) is 11.7. The summed E-state index contributed by atoms with van der Waals surface area (Å²) in [6.45, 7) is 12.9. The molecule has 1 aromatic heterocycles. The van der Waals surface area contributed by atoms with Crippen LogP contribution >= 0.6 is 0 Å². The lowest BCUT2D eigenvalue weighted by Gasteiger charge is -2.33. The molecule has 5 heteroatoms. The summed E-state index contributed by atoms with van der Waals surface area (Å²) in [5.74, 6) is 1.06. The Labute approximate surface area is 169 Å². The highest BCUT2D eigenvalue weighted by Gasteiger charge is 2.15. The monoisotopic (exact) mass is 379 g/mol. The van der Waals surface area contributed by atoms with Gasteiger partial charge in [-0.25, -0.2) is 4.98 Å². The predicted molar refractivity (Wildman–Crippen MR) is 121 cm³/mol. The van der Waals surface area contributed by atoms with Crippen LogP contribution < -0.4 is 15.1 Å². The molecule has 1 aliphatic rings. The van der Waals surface area contributed by atoms with Crippen molar-refractivity contribution < 1.29 is 0 Å². The molecular weight excluding hydrogens is 346 g/mol. The third kappa shape index (κ3) is 4.84. The molecule has 3 rings (SSSR count). The Bertz CT molecular complexity index is 789. The molecular formula is C23H33N5. The SMILES string of the molecule is C/C=C/N(c1cc(Nc2ccc(N3CCN(C)CC3)nc2)ccc1C)C(C)C. The van der Waals surface area contributed by atoms with Crippen LogP contribution in [0, 0.1) is 6.92 Å². The van der Waals surface area contributed by atoms with Crippen LogP contribution in [0.25, 0.3) is 0 Å². The van der Waals surface area contributed by atoms with Crippen molar-refractivity contribution in [2.75, 3.05) is 48.3 Å². The smallest absolute Gasteiger partial charge is 0.128 e. The van der Waals surface area contributed by atoms with Gasteiger partial charge in [0.1, 0.15) is 5.82 Å². The number of pyridine rings is 1. The first-order valence-electron chi connectivity index (χ1n) is 10.2. The molecule has 2 aromatic rings. The van der Waals surface area contributed by atoms with Crippen molar-refractivity contribution in [3.63, 3.8) is 0 Å². The number of nitrogens with one attached hydrogen (secondary N) is 1. The van der Waals surface area contributed by atoms with Gasteiger partial charge in [0.25, 0.3) is 0 Å². The molecule has 5 nitrogen and oxygen atoms in total. The Kier molecular flexibility index (Phi) is 6.57. The highest BCUT2D eigenvalue weighted by atomic mass is 15.3. The number of hydrogen-bond acceptors (Lipinski definition) is 5. The van der Waals surface area contributed by atoms with Gasteiger partial charge >= 0.3 is 0 Å². The molecule has 0 atom stereocenters. The van der Waals surface area contributed by atoms with E-state index in [0.29, 0.717) is 6.04 Å². The van der Waals surface area contributed by atoms with E-state index in [9.17, 15) is 0 Å². The molecule has 0 unspecified atom stereocenters. The van der Waals surface area contributed by atoms with Crippen molar-refractivity contribution in [1.82, 2.24) is 9.88 Å². The van der Waals surface area contributed by atoms with E-state index in [-0.39, 0.29) is 0 Å². The Morgan fingerprint density at radius 3 is 2.39 bits per heavy atom. The summed E-state index contributed by atoms with van der Waals surface area (Å²) >= 11 is 0. The zero-order valence-corrected chi connectivity index (χ0v) is 17.8. The van der Waals surface area contributed by atoms with E-state index >= 15 is 0 Å². The van der Waals surface area contributed by atoms with Gasteiger partial charge in [-0.2, -0.15) is 0 Å². The molecule has 1 aromatic carbocycles. The van der Waals surface area contributed by atoms with Crippen LogP contribution in [0.1, 0.15) is 26.3 Å². The number of likely N-dealkylation sites (N-methyl/N-ethyl adjacent to an activating group) is 1. The molecule has 2 heterocycles. The first-order valence-corrected chi connectivity index (χ1v) is 10.2. The number of aryl methyl sites for hydroxylation is 1. The van der Waals surface area contributed by atoms with E-state index in [4.69, 9.17) is 0 Å². The Balaban J connectivity index is 1.74. The van der Waals surface area contributed by atoms with Gasteiger partial charge in [0.05, 0.1) is 11.9 Å². The number of hydrogen-bond donors (Lipinski definition) is 1. The van der Waals surface area contributed by atoms with E-state index in [1.54, 1.807) is 0 Å². The minimum atomic E-state index is 0.398. The predicted octanol–water partition coefficient (Wildman–Crippen LogP) is 4.63. The molecule has 1 fully saturated rings. The third-order valence-electron chi connectivity index (χ3n) is 5.22. The fourth-order valence-electron chi connectivity index (χ4n) is 3.51. The molecule has 0 bridgehead atoms. The van der Waals surface area contributed by atoms with Crippen LogP contribution in [0.15, 0.2) is 48.8 Å². The fraction of sp³-hybridized carbons (Fsp3) is 0.435. The lowest BCUT2D eigenvalue weighted by atomic mass is 10.1. The van der Waals surface area contributed by atoms with Gasteiger partial charge < -0.3 is 20.0 Å². The van der Waals surface area contributed by atoms with Gasteiger partial charge in [-0.15, -0.1) is 0 Å². The molecule has 0 saturated carbocycles. The first kappa shape index (κ1) is 20.2. The summed E-state index contributed by atoms with van der Waals surface area (Å²) in [5.41, 5.74) is 4.57. The Morgan fingerprint density at radius 2 is 1.79 bits per heavy atom. The van der Waals surface area contributed by atoms with Crippen LogP contribution in [-0.4, -0.2) is 49.2 Å². The summed E-state index contributed by atoms with van der Waals surface area (Å²) in [6.07, 6.45) is 6.16. The van der Waals surface area contributed by atoms with Crippen LogP contribution in [0.5, 0.6) is 0 Å². The summed E-state index contributed by atoms with van der Waals surface area (Å²) < 4.78 is 0. The first-order chi connectivity index (χ1) is 13.5. The molecule has 150 valence electrons. The molecule has 0 aliphatic carbocycles. The standard InChI is InChI=1S/C23H33N5/c1-6-11-28(18(2)3)22-16-20(8-7-19(22)4)25-21-9-10-23(24-17-21)27-14-12-26(5)13-15-27/h6-11,16-18,25H,12-15H2,1-5H3/b11-6+. The lowest BCUT2D eigenvalue weighted by Crippen LogP contribution is -2.44. The maximum atomic E-state index is 4.68. The maximum Gasteiger partial charge on any atom is 0.128 e. The topological polar surface area (TPSA) is 34.6 Å². The van der Waals surface area contributed by atoms with Crippen LogP contribution in [-0.2, 0) is 0 Å². The lowest BCUT2D eigenvalue weighted by molar-refractivity contribution is 0.312. The number of anilines is 4. The Hall–Kier alpha value is -2.53. The summed E-state index contributed by atoms with van der Waals surface area (Å²) in [7, 11) is 2.17. The second-order valence-electron chi connectivity index (χ2n) is 7.81. The van der Waals surface area contributed by atoms with Gasteiger partial charge in [-0.1, -0.05) is 12.1 Å². The molecule has 1 saturated heterocycles. The molecule has 0 spiro atoms. The number of allylic oxidation sites excluding steroid dienone is 1. The van der Waals surface area contributed by atoms with Gasteiger partial charge in [0.2, 0.25) is 0 Å². The zero-order valence-electron chi connectivity index (χ0n) is 17.8. The van der Waals surface area contributed by atoms with E-state index in [1.807, 2.05) is 6.20 Å². The van der Waals surface area contributed by atoms with Crippen molar-refractivity contribution in [1.29, 1.82) is 0 Å². The highest BCUT2D eigenvalue weighted by Crippen LogP contribution is 2.28. The van der Waals surface area contributed by atoms with E-state index in [0.717, 1.165) is 43.4 Å². The molecule has 1 aliphatic heterocycles. The number of nitrogens with zero attached hydrogens (tertiary/aromatic N) is 4. The minimum Gasteiger partial charge on any atom is -0.354 e. The number of rotatable bonds is 6. The zero-order chi connectivity index (χ0) is 20.1.